The minimum atomic E-state index is -0.360. The van der Waals surface area contributed by atoms with Crippen molar-refractivity contribution in [3.8, 4) is 11.5 Å². The summed E-state index contributed by atoms with van der Waals surface area (Å²) in [5.74, 6) is 1.13. The molecule has 0 aliphatic carbocycles. The molecule has 0 spiro atoms. The Balaban J connectivity index is 0.00000288. The van der Waals surface area contributed by atoms with E-state index >= 15 is 0 Å². The van der Waals surface area contributed by atoms with Gasteiger partial charge in [0.1, 0.15) is 11.5 Å². The van der Waals surface area contributed by atoms with Gasteiger partial charge in [0.05, 0.1) is 0 Å². The average Bonchev–Trinajstić information content (AvgIpc) is 2.60. The van der Waals surface area contributed by atoms with E-state index in [0.717, 1.165) is 12.8 Å². The van der Waals surface area contributed by atoms with Crippen molar-refractivity contribution in [1.82, 2.24) is 10.3 Å². The Morgan fingerprint density at radius 3 is 2.36 bits per heavy atom. The number of hydrogen-bond acceptors (Lipinski definition) is 4. The lowest BCUT2D eigenvalue weighted by molar-refractivity contribution is 0.0942. The Labute approximate surface area is 161 Å². The topological polar surface area (TPSA) is 77.2 Å². The molecule has 0 atom stereocenters. The largest absolute Gasteiger partial charge is 0.457 e. The first-order valence-corrected chi connectivity index (χ1v) is 7.81. The number of nitrogens with zero attached hydrogens (tertiary/aromatic N) is 1. The van der Waals surface area contributed by atoms with E-state index in [9.17, 15) is 4.79 Å². The first-order valence-electron chi connectivity index (χ1n) is 7.81. The molecule has 2 aromatic rings. The fourth-order valence-corrected chi connectivity index (χ4v) is 2.10. The minimum absolute atomic E-state index is 0. The van der Waals surface area contributed by atoms with Crippen LogP contribution in [-0.4, -0.2) is 23.0 Å². The van der Waals surface area contributed by atoms with Gasteiger partial charge in [-0.25, -0.2) is 0 Å². The zero-order chi connectivity index (χ0) is 16.7. The maximum Gasteiger partial charge on any atom is 0.251 e. The van der Waals surface area contributed by atoms with Gasteiger partial charge in [-0.1, -0.05) is 19.9 Å². The Bertz CT molecular complexity index is 650. The molecule has 1 heterocycles. The van der Waals surface area contributed by atoms with Crippen LogP contribution in [0.5, 0.6) is 11.5 Å². The molecule has 0 unspecified atom stereocenters. The van der Waals surface area contributed by atoms with Crippen LogP contribution in [0.2, 0.25) is 0 Å². The Hall–Kier alpha value is -1.82. The molecule has 138 valence electrons. The number of amides is 1. The smallest absolute Gasteiger partial charge is 0.251 e. The minimum Gasteiger partial charge on any atom is -0.457 e. The molecule has 1 aromatic carbocycles. The molecule has 25 heavy (non-hydrogen) atoms. The summed E-state index contributed by atoms with van der Waals surface area (Å²) in [6, 6.07) is 10.6. The predicted octanol–water partition coefficient (Wildman–Crippen LogP) is 3.96. The Morgan fingerprint density at radius 1 is 1.12 bits per heavy atom. The van der Waals surface area contributed by atoms with Gasteiger partial charge in [0.2, 0.25) is 0 Å². The summed E-state index contributed by atoms with van der Waals surface area (Å²) >= 11 is 0. The van der Waals surface area contributed by atoms with Gasteiger partial charge in [0, 0.05) is 30.0 Å². The zero-order valence-corrected chi connectivity index (χ0v) is 16.0. The van der Waals surface area contributed by atoms with Crippen LogP contribution in [-0.2, 0) is 0 Å². The second-order valence-corrected chi connectivity index (χ2v) is 5.56. The number of pyridine rings is 1. The third-order valence-corrected chi connectivity index (χ3v) is 3.99. The standard InChI is InChI=1S/C18H23N3O2.2ClH/c1-3-18(19,4-2)13-21-17(22)14-6-5-7-16(12-14)23-15-8-10-20-11-9-15;;/h5-12H,3-4,13,19H2,1-2H3,(H,21,22);2*1H. The van der Waals surface area contributed by atoms with E-state index in [4.69, 9.17) is 10.5 Å². The Morgan fingerprint density at radius 2 is 1.76 bits per heavy atom. The maximum absolute atomic E-state index is 12.3. The van der Waals surface area contributed by atoms with E-state index in [-0.39, 0.29) is 36.3 Å². The highest BCUT2D eigenvalue weighted by molar-refractivity contribution is 5.94. The number of carbonyl (C=O) groups is 1. The van der Waals surface area contributed by atoms with Gasteiger partial charge in [0.25, 0.3) is 5.91 Å². The third kappa shape index (κ3) is 6.90. The molecule has 0 bridgehead atoms. The van der Waals surface area contributed by atoms with Crippen LogP contribution in [0.15, 0.2) is 48.8 Å². The van der Waals surface area contributed by atoms with Crippen molar-refractivity contribution in [1.29, 1.82) is 0 Å². The second kappa shape index (κ2) is 10.9. The van der Waals surface area contributed by atoms with E-state index in [2.05, 4.69) is 10.3 Å². The highest BCUT2D eigenvalue weighted by Gasteiger charge is 2.21. The lowest BCUT2D eigenvalue weighted by Crippen LogP contribution is -2.49. The second-order valence-electron chi connectivity index (χ2n) is 5.56. The molecule has 0 radical (unpaired) electrons. The molecule has 7 heteroatoms. The summed E-state index contributed by atoms with van der Waals surface area (Å²) < 4.78 is 5.71. The fraction of sp³-hybridized carbons (Fsp3) is 0.333. The van der Waals surface area contributed by atoms with Crippen LogP contribution >= 0.6 is 24.8 Å². The van der Waals surface area contributed by atoms with Gasteiger partial charge < -0.3 is 15.8 Å². The van der Waals surface area contributed by atoms with Crippen molar-refractivity contribution < 1.29 is 9.53 Å². The molecule has 0 aliphatic heterocycles. The molecule has 0 saturated heterocycles. The molecule has 0 aliphatic rings. The summed E-state index contributed by atoms with van der Waals surface area (Å²) in [5, 5.41) is 2.90. The van der Waals surface area contributed by atoms with Crippen molar-refractivity contribution in [3.05, 3.63) is 54.4 Å². The number of rotatable bonds is 7. The van der Waals surface area contributed by atoms with Crippen molar-refractivity contribution >= 4 is 30.7 Å². The van der Waals surface area contributed by atoms with Crippen molar-refractivity contribution in [2.45, 2.75) is 32.2 Å². The predicted molar refractivity (Wildman–Crippen MR) is 105 cm³/mol. The van der Waals surface area contributed by atoms with Crippen molar-refractivity contribution in [3.63, 3.8) is 0 Å². The van der Waals surface area contributed by atoms with Crippen LogP contribution in [0.1, 0.15) is 37.0 Å². The van der Waals surface area contributed by atoms with Gasteiger partial charge in [-0.15, -0.1) is 24.8 Å². The molecule has 1 aromatic heterocycles. The normalized spacial score (nSPS) is 10.2. The SMILES string of the molecule is CCC(N)(CC)CNC(=O)c1cccc(Oc2ccncc2)c1.Cl.Cl. The number of carbonyl (C=O) groups excluding carboxylic acids is 1. The summed E-state index contributed by atoms with van der Waals surface area (Å²) in [5.41, 5.74) is 6.40. The summed E-state index contributed by atoms with van der Waals surface area (Å²) in [6.07, 6.45) is 4.94. The van der Waals surface area contributed by atoms with E-state index < -0.39 is 0 Å². The number of nitrogens with one attached hydrogen (secondary N) is 1. The Kier molecular flexibility index (Phi) is 10.1. The zero-order valence-electron chi connectivity index (χ0n) is 14.4. The van der Waals surface area contributed by atoms with E-state index in [1.807, 2.05) is 19.9 Å². The number of nitrogens with two attached hydrogens (primary N) is 1. The van der Waals surface area contributed by atoms with E-state index in [0.29, 0.717) is 23.6 Å². The first-order chi connectivity index (χ1) is 11.1. The lowest BCUT2D eigenvalue weighted by Gasteiger charge is -2.26. The van der Waals surface area contributed by atoms with E-state index in [1.54, 1.807) is 42.7 Å². The molecular weight excluding hydrogens is 361 g/mol. The van der Waals surface area contributed by atoms with Gasteiger partial charge in [0.15, 0.2) is 0 Å². The number of halogens is 2. The third-order valence-electron chi connectivity index (χ3n) is 3.99. The van der Waals surface area contributed by atoms with Crippen LogP contribution in [0.3, 0.4) is 0 Å². The molecule has 3 N–H and O–H groups in total. The van der Waals surface area contributed by atoms with Crippen molar-refractivity contribution in [2.75, 3.05) is 6.54 Å². The molecule has 0 fully saturated rings. The number of benzene rings is 1. The number of aromatic nitrogens is 1. The average molecular weight is 386 g/mol. The van der Waals surface area contributed by atoms with Crippen LogP contribution < -0.4 is 15.8 Å². The lowest BCUT2D eigenvalue weighted by atomic mass is 9.94. The molecule has 0 saturated carbocycles. The van der Waals surface area contributed by atoms with Gasteiger partial charge in [-0.05, 0) is 43.2 Å². The highest BCUT2D eigenvalue weighted by Crippen LogP contribution is 2.21. The van der Waals surface area contributed by atoms with Crippen molar-refractivity contribution in [2.24, 2.45) is 5.73 Å². The summed E-state index contributed by atoms with van der Waals surface area (Å²) in [4.78, 5) is 16.2. The maximum atomic E-state index is 12.3. The van der Waals surface area contributed by atoms with E-state index in [1.165, 1.54) is 0 Å². The molecular formula is C18H25Cl2N3O2. The number of ether oxygens (including phenoxy) is 1. The van der Waals surface area contributed by atoms with Crippen LogP contribution in [0.4, 0.5) is 0 Å². The molecule has 1 amide bonds. The summed E-state index contributed by atoms with van der Waals surface area (Å²) in [6.45, 7) is 4.51. The van der Waals surface area contributed by atoms with Crippen LogP contribution in [0.25, 0.3) is 0 Å². The number of hydrogen-bond donors (Lipinski definition) is 2. The summed E-state index contributed by atoms with van der Waals surface area (Å²) in [7, 11) is 0. The van der Waals surface area contributed by atoms with Gasteiger partial charge in [-0.3, -0.25) is 9.78 Å². The fourth-order valence-electron chi connectivity index (χ4n) is 2.10. The monoisotopic (exact) mass is 385 g/mol. The van der Waals surface area contributed by atoms with Gasteiger partial charge >= 0.3 is 0 Å². The molecule has 2 rings (SSSR count). The van der Waals surface area contributed by atoms with Crippen LogP contribution in [0, 0.1) is 0 Å². The highest BCUT2D eigenvalue weighted by atomic mass is 35.5. The first kappa shape index (κ1) is 23.2. The molecule has 5 nitrogen and oxygen atoms in total. The quantitative estimate of drug-likeness (QED) is 0.755. The van der Waals surface area contributed by atoms with Gasteiger partial charge in [-0.2, -0.15) is 0 Å².